The van der Waals surface area contributed by atoms with Crippen molar-refractivity contribution in [1.29, 1.82) is 0 Å². The minimum Gasteiger partial charge on any atom is -0.399 e. The lowest BCUT2D eigenvalue weighted by molar-refractivity contribution is -0.115. The van der Waals surface area contributed by atoms with Gasteiger partial charge in [-0.1, -0.05) is 24.3 Å². The average molecular weight is 365 g/mol. The Kier molecular flexibility index (Phi) is 9.62. The fraction of sp³-hybridized carbons (Fsp3) is 0.316. The van der Waals surface area contributed by atoms with Crippen molar-refractivity contribution < 1.29 is 14.3 Å². The van der Waals surface area contributed by atoms with Gasteiger partial charge in [0.05, 0.1) is 26.2 Å². The van der Waals surface area contributed by atoms with Gasteiger partial charge in [-0.2, -0.15) is 0 Å². The number of benzene rings is 2. The van der Waals surface area contributed by atoms with Crippen LogP contribution in [0.3, 0.4) is 0 Å². The van der Waals surface area contributed by atoms with Crippen molar-refractivity contribution in [3.05, 3.63) is 59.7 Å². The van der Waals surface area contributed by atoms with E-state index in [2.05, 4.69) is 5.32 Å². The van der Waals surface area contributed by atoms with Crippen molar-refractivity contribution in [2.45, 2.75) is 20.0 Å². The highest BCUT2D eigenvalue weighted by atomic mass is 35.5. The van der Waals surface area contributed by atoms with E-state index in [1.807, 2.05) is 43.3 Å². The number of rotatable bonds is 9. The van der Waals surface area contributed by atoms with Crippen molar-refractivity contribution in [3.8, 4) is 0 Å². The summed E-state index contributed by atoms with van der Waals surface area (Å²) in [6, 6.07) is 15.0. The van der Waals surface area contributed by atoms with Crippen LogP contribution in [0.2, 0.25) is 0 Å². The van der Waals surface area contributed by atoms with Crippen LogP contribution in [0, 0.1) is 0 Å². The molecule has 0 saturated heterocycles. The van der Waals surface area contributed by atoms with Crippen LogP contribution in [-0.2, 0) is 27.3 Å². The van der Waals surface area contributed by atoms with Crippen LogP contribution in [0.5, 0.6) is 0 Å². The van der Waals surface area contributed by atoms with Gasteiger partial charge in [0, 0.05) is 18.0 Å². The van der Waals surface area contributed by atoms with Gasteiger partial charge in [0.25, 0.3) is 0 Å². The molecule has 0 spiro atoms. The molecule has 0 unspecified atom stereocenters. The van der Waals surface area contributed by atoms with Gasteiger partial charge in [-0.05, 0) is 42.3 Å². The van der Waals surface area contributed by atoms with Crippen LogP contribution in [0.15, 0.2) is 48.5 Å². The maximum absolute atomic E-state index is 12.1. The molecule has 3 N–H and O–H groups in total. The van der Waals surface area contributed by atoms with E-state index >= 15 is 0 Å². The van der Waals surface area contributed by atoms with Gasteiger partial charge < -0.3 is 20.5 Å². The highest BCUT2D eigenvalue weighted by molar-refractivity contribution is 5.92. The minimum absolute atomic E-state index is 0. The SMILES string of the molecule is CCOCCOCc1cccc(NC(=O)Cc2ccc(N)cc2)c1.Cl. The molecule has 0 aliphatic rings. The topological polar surface area (TPSA) is 73.6 Å². The highest BCUT2D eigenvalue weighted by Crippen LogP contribution is 2.13. The number of halogens is 1. The summed E-state index contributed by atoms with van der Waals surface area (Å²) >= 11 is 0. The summed E-state index contributed by atoms with van der Waals surface area (Å²) in [5.41, 5.74) is 9.04. The Balaban J connectivity index is 0.00000312. The van der Waals surface area contributed by atoms with Gasteiger partial charge in [0.1, 0.15) is 0 Å². The minimum atomic E-state index is -0.0609. The average Bonchev–Trinajstić information content (AvgIpc) is 2.57. The molecule has 0 aromatic heterocycles. The van der Waals surface area contributed by atoms with Crippen LogP contribution in [-0.4, -0.2) is 25.7 Å². The van der Waals surface area contributed by atoms with Crippen LogP contribution < -0.4 is 11.1 Å². The fourth-order valence-corrected chi connectivity index (χ4v) is 2.22. The predicted molar refractivity (Wildman–Crippen MR) is 103 cm³/mol. The van der Waals surface area contributed by atoms with E-state index in [1.165, 1.54) is 0 Å². The Hall–Kier alpha value is -2.08. The number of carbonyl (C=O) groups excluding carboxylic acids is 1. The largest absolute Gasteiger partial charge is 0.399 e. The molecule has 5 nitrogen and oxygen atoms in total. The second-order valence-electron chi connectivity index (χ2n) is 5.42. The van der Waals surface area contributed by atoms with Crippen molar-refractivity contribution in [2.75, 3.05) is 30.9 Å². The Morgan fingerprint density at radius 2 is 1.76 bits per heavy atom. The second-order valence-corrected chi connectivity index (χ2v) is 5.42. The van der Waals surface area contributed by atoms with Crippen molar-refractivity contribution in [3.63, 3.8) is 0 Å². The summed E-state index contributed by atoms with van der Waals surface area (Å²) in [6.45, 7) is 4.29. The molecule has 1 amide bonds. The first-order valence-electron chi connectivity index (χ1n) is 8.06. The summed E-state index contributed by atoms with van der Waals surface area (Å²) in [5.74, 6) is -0.0609. The Morgan fingerprint density at radius 1 is 1.04 bits per heavy atom. The summed E-state index contributed by atoms with van der Waals surface area (Å²) in [5, 5.41) is 2.91. The molecule has 6 heteroatoms. The quantitative estimate of drug-likeness (QED) is 0.528. The molecule has 0 radical (unpaired) electrons. The standard InChI is InChI=1S/C19H24N2O3.ClH/c1-2-23-10-11-24-14-16-4-3-5-18(12-16)21-19(22)13-15-6-8-17(20)9-7-15;/h3-9,12H,2,10-11,13-14,20H2,1H3,(H,21,22);1H. The van der Waals surface area contributed by atoms with Gasteiger partial charge >= 0.3 is 0 Å². The zero-order valence-corrected chi connectivity index (χ0v) is 15.2. The van der Waals surface area contributed by atoms with E-state index in [9.17, 15) is 4.79 Å². The molecule has 136 valence electrons. The summed E-state index contributed by atoms with van der Waals surface area (Å²) < 4.78 is 10.8. The molecule has 0 aliphatic heterocycles. The fourth-order valence-electron chi connectivity index (χ4n) is 2.22. The van der Waals surface area contributed by atoms with E-state index in [-0.39, 0.29) is 18.3 Å². The van der Waals surface area contributed by atoms with Gasteiger partial charge in [0.2, 0.25) is 5.91 Å². The molecule has 0 bridgehead atoms. The second kappa shape index (κ2) is 11.5. The third-order valence-corrected chi connectivity index (χ3v) is 3.40. The molecule has 0 atom stereocenters. The van der Waals surface area contributed by atoms with Gasteiger partial charge in [-0.25, -0.2) is 0 Å². The number of ether oxygens (including phenoxy) is 2. The molecule has 2 aromatic rings. The smallest absolute Gasteiger partial charge is 0.228 e. The molecular formula is C19H25ClN2O3. The number of anilines is 2. The third kappa shape index (κ3) is 8.03. The Labute approximate surface area is 154 Å². The number of nitrogen functional groups attached to an aromatic ring is 1. The van der Waals surface area contributed by atoms with Gasteiger partial charge in [0.15, 0.2) is 0 Å². The lowest BCUT2D eigenvalue weighted by atomic mass is 10.1. The van der Waals surface area contributed by atoms with Crippen molar-refractivity contribution in [2.24, 2.45) is 0 Å². The third-order valence-electron chi connectivity index (χ3n) is 3.40. The van der Waals surface area contributed by atoms with E-state index in [1.54, 1.807) is 12.1 Å². The number of hydrogen-bond donors (Lipinski definition) is 2. The maximum Gasteiger partial charge on any atom is 0.228 e. The molecule has 0 saturated carbocycles. The lowest BCUT2D eigenvalue weighted by Crippen LogP contribution is -2.14. The molecule has 25 heavy (non-hydrogen) atoms. The zero-order chi connectivity index (χ0) is 17.2. The molecule has 0 heterocycles. The Morgan fingerprint density at radius 3 is 2.48 bits per heavy atom. The van der Waals surface area contributed by atoms with Crippen LogP contribution in [0.1, 0.15) is 18.1 Å². The summed E-state index contributed by atoms with van der Waals surface area (Å²) in [6.07, 6.45) is 0.315. The lowest BCUT2D eigenvalue weighted by Gasteiger charge is -2.09. The molecule has 2 aromatic carbocycles. The van der Waals surface area contributed by atoms with E-state index < -0.39 is 0 Å². The van der Waals surface area contributed by atoms with E-state index in [0.29, 0.717) is 38.5 Å². The Bertz CT molecular complexity index is 647. The number of nitrogens with one attached hydrogen (secondary N) is 1. The highest BCUT2D eigenvalue weighted by Gasteiger charge is 2.05. The first kappa shape index (κ1) is 21.0. The number of carbonyl (C=O) groups is 1. The number of amides is 1. The van der Waals surface area contributed by atoms with Crippen LogP contribution >= 0.6 is 12.4 Å². The van der Waals surface area contributed by atoms with Gasteiger partial charge in [-0.3, -0.25) is 4.79 Å². The summed E-state index contributed by atoms with van der Waals surface area (Å²) in [4.78, 5) is 12.1. The number of nitrogens with two attached hydrogens (primary N) is 1. The number of hydrogen-bond acceptors (Lipinski definition) is 4. The predicted octanol–water partition coefficient (Wildman–Crippen LogP) is 3.42. The monoisotopic (exact) mass is 364 g/mol. The first-order chi connectivity index (χ1) is 11.7. The molecular weight excluding hydrogens is 340 g/mol. The van der Waals surface area contributed by atoms with E-state index in [0.717, 1.165) is 16.8 Å². The van der Waals surface area contributed by atoms with Crippen molar-refractivity contribution >= 4 is 29.7 Å². The molecule has 0 fully saturated rings. The molecule has 0 aliphatic carbocycles. The zero-order valence-electron chi connectivity index (χ0n) is 14.4. The van der Waals surface area contributed by atoms with Crippen molar-refractivity contribution in [1.82, 2.24) is 0 Å². The van der Waals surface area contributed by atoms with Crippen LogP contribution in [0.25, 0.3) is 0 Å². The van der Waals surface area contributed by atoms with Crippen LogP contribution in [0.4, 0.5) is 11.4 Å². The molecule has 2 rings (SSSR count). The summed E-state index contributed by atoms with van der Waals surface area (Å²) in [7, 11) is 0. The normalized spacial score (nSPS) is 10.1. The van der Waals surface area contributed by atoms with Gasteiger partial charge in [-0.15, -0.1) is 12.4 Å². The maximum atomic E-state index is 12.1. The first-order valence-corrected chi connectivity index (χ1v) is 8.06. The van der Waals surface area contributed by atoms with E-state index in [4.69, 9.17) is 15.2 Å².